The highest BCUT2D eigenvalue weighted by Crippen LogP contribution is 2.28. The lowest BCUT2D eigenvalue weighted by Crippen LogP contribution is -2.33. The van der Waals surface area contributed by atoms with Gasteiger partial charge in [-0.15, -0.1) is 0 Å². The highest BCUT2D eigenvalue weighted by atomic mass is 35.5. The largest absolute Gasteiger partial charge is 0.306 e. The molecule has 1 N–H and O–H groups in total. The van der Waals surface area contributed by atoms with Gasteiger partial charge in [-0.3, -0.25) is 14.7 Å². The van der Waals surface area contributed by atoms with Gasteiger partial charge in [0, 0.05) is 41.5 Å². The quantitative estimate of drug-likeness (QED) is 0.746. The Balaban J connectivity index is 1.44. The molecule has 1 saturated heterocycles. The van der Waals surface area contributed by atoms with Gasteiger partial charge in [0.1, 0.15) is 5.82 Å². The minimum atomic E-state index is -0.109. The zero-order chi connectivity index (χ0) is 18.6. The molecule has 0 radical (unpaired) electrons. The van der Waals surface area contributed by atoms with Crippen LogP contribution in [0.3, 0.4) is 0 Å². The summed E-state index contributed by atoms with van der Waals surface area (Å²) in [6.45, 7) is 2.90. The van der Waals surface area contributed by atoms with E-state index < -0.39 is 0 Å². The summed E-state index contributed by atoms with van der Waals surface area (Å²) in [6.07, 6.45) is 5.42. The van der Waals surface area contributed by atoms with Gasteiger partial charge in [-0.25, -0.2) is 4.98 Å². The van der Waals surface area contributed by atoms with Crippen LogP contribution in [0.2, 0.25) is 5.02 Å². The van der Waals surface area contributed by atoms with E-state index in [1.165, 1.54) is 5.56 Å². The molecule has 1 aromatic carbocycles. The summed E-state index contributed by atoms with van der Waals surface area (Å²) >= 11 is 5.96. The van der Waals surface area contributed by atoms with Crippen molar-refractivity contribution in [1.29, 1.82) is 0 Å². The summed E-state index contributed by atoms with van der Waals surface area (Å²) in [5.41, 5.74) is 2.87. The van der Waals surface area contributed by atoms with E-state index in [0.717, 1.165) is 48.8 Å². The van der Waals surface area contributed by atoms with E-state index in [1.807, 2.05) is 24.3 Å². The maximum absolute atomic E-state index is 12.1. The summed E-state index contributed by atoms with van der Waals surface area (Å²) < 4.78 is 0. The molecule has 0 unspecified atom stereocenters. The van der Waals surface area contributed by atoms with Crippen molar-refractivity contribution in [2.24, 2.45) is 0 Å². The number of hydrogen-bond acceptors (Lipinski definition) is 4. The molecule has 1 aliphatic heterocycles. The Bertz CT molecular complexity index is 948. The Hall–Kier alpha value is -2.50. The molecule has 6 heteroatoms. The standard InChI is InChI=1S/C21H21ClN4O/c22-18-5-3-15(4-6-18)14-26-10-7-16(8-11-26)19-12-20(27)25-21(24-19)17-2-1-9-23-13-17/h1-6,9,12-13,16H,7-8,10-11,14H2,(H,24,25,27). The molecule has 5 nitrogen and oxygen atoms in total. The van der Waals surface area contributed by atoms with E-state index in [9.17, 15) is 4.79 Å². The van der Waals surface area contributed by atoms with Gasteiger partial charge in [-0.1, -0.05) is 23.7 Å². The molecule has 27 heavy (non-hydrogen) atoms. The number of benzene rings is 1. The van der Waals surface area contributed by atoms with Crippen LogP contribution in [0.4, 0.5) is 0 Å². The number of aromatic amines is 1. The third-order valence-corrected chi connectivity index (χ3v) is 5.27. The number of aromatic nitrogens is 3. The van der Waals surface area contributed by atoms with Crippen LogP contribution in [0.15, 0.2) is 59.7 Å². The fourth-order valence-electron chi connectivity index (χ4n) is 3.56. The zero-order valence-electron chi connectivity index (χ0n) is 14.9. The van der Waals surface area contributed by atoms with Crippen molar-refractivity contribution in [2.75, 3.05) is 13.1 Å². The normalized spacial score (nSPS) is 15.7. The van der Waals surface area contributed by atoms with Crippen molar-refractivity contribution in [3.63, 3.8) is 0 Å². The number of nitrogens with one attached hydrogen (secondary N) is 1. The molecule has 1 aliphatic rings. The van der Waals surface area contributed by atoms with E-state index in [-0.39, 0.29) is 5.56 Å². The second-order valence-corrected chi connectivity index (χ2v) is 7.37. The minimum Gasteiger partial charge on any atom is -0.306 e. The predicted molar refractivity (Wildman–Crippen MR) is 107 cm³/mol. The zero-order valence-corrected chi connectivity index (χ0v) is 15.7. The van der Waals surface area contributed by atoms with Crippen molar-refractivity contribution < 1.29 is 0 Å². The van der Waals surface area contributed by atoms with Crippen LogP contribution in [0, 0.1) is 0 Å². The van der Waals surface area contributed by atoms with E-state index in [0.29, 0.717) is 11.7 Å². The Morgan fingerprint density at radius 3 is 2.63 bits per heavy atom. The van der Waals surface area contributed by atoms with E-state index >= 15 is 0 Å². The van der Waals surface area contributed by atoms with Crippen LogP contribution >= 0.6 is 11.6 Å². The molecular formula is C21H21ClN4O. The Kier molecular flexibility index (Phi) is 5.32. The fraction of sp³-hybridized carbons (Fsp3) is 0.286. The van der Waals surface area contributed by atoms with Crippen LogP contribution in [-0.2, 0) is 6.54 Å². The van der Waals surface area contributed by atoms with Crippen molar-refractivity contribution in [2.45, 2.75) is 25.3 Å². The average molecular weight is 381 g/mol. The minimum absolute atomic E-state index is 0.109. The Morgan fingerprint density at radius 1 is 1.15 bits per heavy atom. The van der Waals surface area contributed by atoms with Gasteiger partial charge >= 0.3 is 0 Å². The lowest BCUT2D eigenvalue weighted by atomic mass is 9.93. The summed E-state index contributed by atoms with van der Waals surface area (Å²) in [5, 5.41) is 0.766. The molecule has 0 bridgehead atoms. The highest BCUT2D eigenvalue weighted by Gasteiger charge is 2.22. The Morgan fingerprint density at radius 2 is 1.93 bits per heavy atom. The third-order valence-electron chi connectivity index (χ3n) is 5.02. The highest BCUT2D eigenvalue weighted by molar-refractivity contribution is 6.30. The molecule has 0 atom stereocenters. The van der Waals surface area contributed by atoms with Crippen LogP contribution < -0.4 is 5.56 Å². The van der Waals surface area contributed by atoms with E-state index in [4.69, 9.17) is 16.6 Å². The van der Waals surface area contributed by atoms with Crippen molar-refractivity contribution in [3.05, 3.63) is 81.5 Å². The smallest absolute Gasteiger partial charge is 0.251 e. The van der Waals surface area contributed by atoms with Crippen molar-refractivity contribution in [1.82, 2.24) is 19.9 Å². The first kappa shape index (κ1) is 17.9. The van der Waals surface area contributed by atoms with Crippen LogP contribution in [0.5, 0.6) is 0 Å². The number of likely N-dealkylation sites (tertiary alicyclic amines) is 1. The predicted octanol–water partition coefficient (Wildman–Crippen LogP) is 3.86. The van der Waals surface area contributed by atoms with Crippen molar-refractivity contribution in [3.8, 4) is 11.4 Å². The van der Waals surface area contributed by atoms with Gasteiger partial charge < -0.3 is 4.98 Å². The summed E-state index contributed by atoms with van der Waals surface area (Å²) in [7, 11) is 0. The fourth-order valence-corrected chi connectivity index (χ4v) is 3.69. The second kappa shape index (κ2) is 8.03. The SMILES string of the molecule is O=c1cc(C2CCN(Cc3ccc(Cl)cc3)CC2)nc(-c2cccnc2)[nH]1. The molecule has 4 rings (SSSR count). The first-order chi connectivity index (χ1) is 13.2. The number of halogens is 1. The topological polar surface area (TPSA) is 61.9 Å². The first-order valence-corrected chi connectivity index (χ1v) is 9.53. The molecule has 138 valence electrons. The summed E-state index contributed by atoms with van der Waals surface area (Å²) in [5.74, 6) is 0.901. The number of rotatable bonds is 4. The van der Waals surface area contributed by atoms with Crippen LogP contribution in [-0.4, -0.2) is 32.9 Å². The molecule has 0 saturated carbocycles. The van der Waals surface area contributed by atoms with Gasteiger partial charge in [-0.05, 0) is 55.8 Å². The van der Waals surface area contributed by atoms with Gasteiger partial charge in [0.25, 0.3) is 5.56 Å². The third kappa shape index (κ3) is 4.43. The molecule has 0 spiro atoms. The molecule has 0 amide bonds. The number of H-pyrrole nitrogens is 1. The second-order valence-electron chi connectivity index (χ2n) is 6.94. The van der Waals surface area contributed by atoms with Crippen LogP contribution in [0.1, 0.15) is 30.0 Å². The molecule has 3 heterocycles. The monoisotopic (exact) mass is 380 g/mol. The van der Waals surface area contributed by atoms with Crippen molar-refractivity contribution >= 4 is 11.6 Å². The Labute approximate surface area is 163 Å². The van der Waals surface area contributed by atoms with Gasteiger partial charge in [-0.2, -0.15) is 0 Å². The van der Waals surface area contributed by atoms with E-state index in [1.54, 1.807) is 18.5 Å². The number of hydrogen-bond donors (Lipinski definition) is 1. The maximum Gasteiger partial charge on any atom is 0.251 e. The van der Waals surface area contributed by atoms with E-state index in [2.05, 4.69) is 27.0 Å². The number of pyridine rings is 1. The summed E-state index contributed by atoms with van der Waals surface area (Å²) in [4.78, 5) is 26.2. The van der Waals surface area contributed by atoms with Crippen LogP contribution in [0.25, 0.3) is 11.4 Å². The molecule has 1 fully saturated rings. The van der Waals surface area contributed by atoms with Gasteiger partial charge in [0.05, 0.1) is 5.69 Å². The molecular weight excluding hydrogens is 360 g/mol. The summed E-state index contributed by atoms with van der Waals surface area (Å²) in [6, 6.07) is 13.4. The molecule has 3 aromatic rings. The molecule has 0 aliphatic carbocycles. The number of piperidine rings is 1. The van der Waals surface area contributed by atoms with Gasteiger partial charge in [0.15, 0.2) is 0 Å². The van der Waals surface area contributed by atoms with Gasteiger partial charge in [0.2, 0.25) is 0 Å². The number of nitrogens with zero attached hydrogens (tertiary/aromatic N) is 3. The maximum atomic E-state index is 12.1. The molecule has 2 aromatic heterocycles. The average Bonchev–Trinajstić information content (AvgIpc) is 2.70. The lowest BCUT2D eigenvalue weighted by molar-refractivity contribution is 0.203. The first-order valence-electron chi connectivity index (χ1n) is 9.16. The lowest BCUT2D eigenvalue weighted by Gasteiger charge is -2.31.